The van der Waals surface area contributed by atoms with E-state index < -0.39 is 14.3 Å². The van der Waals surface area contributed by atoms with E-state index in [4.69, 9.17) is 4.43 Å². The van der Waals surface area contributed by atoms with Crippen LogP contribution in [0.5, 0.6) is 0 Å². The number of carbonyl (C=O) groups is 1. The van der Waals surface area contributed by atoms with E-state index in [-0.39, 0.29) is 17.4 Å². The van der Waals surface area contributed by atoms with E-state index in [1.165, 1.54) is 0 Å². The molecular formula is C20H30N2O3Si. The Kier molecular flexibility index (Phi) is 6.42. The molecule has 1 unspecified atom stereocenters. The second kappa shape index (κ2) is 8.18. The Morgan fingerprint density at radius 2 is 1.92 bits per heavy atom. The van der Waals surface area contributed by atoms with Crippen molar-refractivity contribution in [3.05, 3.63) is 42.7 Å². The topological polar surface area (TPSA) is 64.3 Å². The molecule has 1 heterocycles. The molecule has 6 heteroatoms. The Morgan fingerprint density at radius 3 is 2.50 bits per heavy atom. The van der Waals surface area contributed by atoms with E-state index in [1.807, 2.05) is 41.1 Å². The van der Waals surface area contributed by atoms with Gasteiger partial charge >= 0.3 is 5.97 Å². The maximum Gasteiger partial charge on any atom is 0.303 e. The van der Waals surface area contributed by atoms with Gasteiger partial charge in [-0.05, 0) is 18.1 Å². The smallest absolute Gasteiger partial charge is 0.303 e. The molecule has 26 heavy (non-hydrogen) atoms. The van der Waals surface area contributed by atoms with E-state index in [2.05, 4.69) is 38.8 Å². The molecule has 5 nitrogen and oxygen atoms in total. The van der Waals surface area contributed by atoms with Gasteiger partial charge in [0.25, 0.3) is 0 Å². The lowest BCUT2D eigenvalue weighted by Gasteiger charge is -2.37. The molecule has 0 radical (unpaired) electrons. The summed E-state index contributed by atoms with van der Waals surface area (Å²) in [4.78, 5) is 15.8. The maximum atomic E-state index is 11.3. The first-order valence-corrected chi connectivity index (χ1v) is 11.9. The van der Waals surface area contributed by atoms with Gasteiger partial charge in [0, 0.05) is 37.0 Å². The summed E-state index contributed by atoms with van der Waals surface area (Å²) in [5.41, 5.74) is 1.02. The summed E-state index contributed by atoms with van der Waals surface area (Å²) in [5.74, 6) is -0.0400. The molecule has 1 N–H and O–H groups in total. The number of rotatable bonds is 8. The Labute approximate surface area is 157 Å². The molecule has 2 rings (SSSR count). The summed E-state index contributed by atoms with van der Waals surface area (Å²) in [6.07, 6.45) is 3.75. The average Bonchev–Trinajstić information content (AvgIpc) is 3.00. The zero-order valence-corrected chi connectivity index (χ0v) is 17.4. The molecule has 0 spiro atoms. The normalized spacial score (nSPS) is 13.6. The van der Waals surface area contributed by atoms with Crippen LogP contribution in [-0.2, 0) is 15.8 Å². The minimum Gasteiger partial charge on any atom is -0.481 e. The molecule has 0 fully saturated rings. The summed E-state index contributed by atoms with van der Waals surface area (Å²) in [7, 11) is -1.92. The number of imidazole rings is 1. The lowest BCUT2D eigenvalue weighted by molar-refractivity contribution is -0.138. The van der Waals surface area contributed by atoms with Crippen molar-refractivity contribution >= 4 is 14.3 Å². The fourth-order valence-corrected chi connectivity index (χ4v) is 3.63. The van der Waals surface area contributed by atoms with Crippen LogP contribution in [0.2, 0.25) is 18.1 Å². The molecule has 142 valence electrons. The van der Waals surface area contributed by atoms with Crippen molar-refractivity contribution in [2.75, 3.05) is 6.61 Å². The van der Waals surface area contributed by atoms with Crippen LogP contribution in [0, 0.1) is 5.92 Å². The molecule has 0 amide bonds. The lowest BCUT2D eigenvalue weighted by atomic mass is 10.1. The highest BCUT2D eigenvalue weighted by Gasteiger charge is 2.37. The molecule has 2 aromatic rings. The number of hydrogen-bond acceptors (Lipinski definition) is 3. The van der Waals surface area contributed by atoms with Crippen molar-refractivity contribution in [1.82, 2.24) is 9.55 Å². The maximum absolute atomic E-state index is 11.3. The zero-order valence-electron chi connectivity index (χ0n) is 16.4. The van der Waals surface area contributed by atoms with Crippen LogP contribution in [0.25, 0.3) is 11.4 Å². The van der Waals surface area contributed by atoms with Gasteiger partial charge in [-0.15, -0.1) is 0 Å². The molecule has 0 bridgehead atoms. The van der Waals surface area contributed by atoms with E-state index >= 15 is 0 Å². The summed E-state index contributed by atoms with van der Waals surface area (Å²) < 4.78 is 8.32. The Hall–Kier alpha value is -1.92. The van der Waals surface area contributed by atoms with Gasteiger partial charge in [-0.3, -0.25) is 4.79 Å². The monoisotopic (exact) mass is 374 g/mol. The van der Waals surface area contributed by atoms with E-state index in [0.717, 1.165) is 11.4 Å². The van der Waals surface area contributed by atoms with Crippen molar-refractivity contribution in [3.8, 4) is 11.4 Å². The Balaban J connectivity index is 2.14. The Bertz CT molecular complexity index is 720. The van der Waals surface area contributed by atoms with Crippen LogP contribution in [0.15, 0.2) is 42.7 Å². The number of carboxylic acid groups (broad SMARTS) is 1. The number of aromatic nitrogens is 2. The average molecular weight is 375 g/mol. The van der Waals surface area contributed by atoms with Crippen LogP contribution < -0.4 is 0 Å². The minimum absolute atomic E-state index is 0.0844. The SMILES string of the molecule is CC(C)(C)[Si](C)(C)OCC(CC(=O)O)Cn1ccnc1-c1ccccc1. The number of carboxylic acids is 1. The van der Waals surface area contributed by atoms with Gasteiger partial charge in [-0.25, -0.2) is 4.98 Å². The van der Waals surface area contributed by atoms with E-state index in [9.17, 15) is 9.90 Å². The summed E-state index contributed by atoms with van der Waals surface area (Å²) in [6.45, 7) is 12.0. The molecule has 0 saturated heterocycles. The zero-order chi connectivity index (χ0) is 19.4. The second-order valence-corrected chi connectivity index (χ2v) is 13.1. The molecule has 0 aliphatic heterocycles. The Morgan fingerprint density at radius 1 is 1.27 bits per heavy atom. The number of benzene rings is 1. The molecule has 0 aliphatic rings. The molecule has 0 aliphatic carbocycles. The van der Waals surface area contributed by atoms with Crippen LogP contribution >= 0.6 is 0 Å². The van der Waals surface area contributed by atoms with Crippen LogP contribution in [0.3, 0.4) is 0 Å². The van der Waals surface area contributed by atoms with Crippen molar-refractivity contribution in [2.45, 2.75) is 51.9 Å². The number of hydrogen-bond donors (Lipinski definition) is 1. The highest BCUT2D eigenvalue weighted by Crippen LogP contribution is 2.37. The van der Waals surface area contributed by atoms with E-state index in [1.54, 1.807) is 6.20 Å². The molecule has 1 aromatic heterocycles. The summed E-state index contributed by atoms with van der Waals surface area (Å²) >= 11 is 0. The standard InChI is InChI=1S/C20H30N2O3Si/c1-20(2,3)26(4,5)25-15-16(13-18(23)24)14-22-12-11-21-19(22)17-9-7-6-8-10-17/h6-12,16H,13-15H2,1-5H3,(H,23,24). The fraction of sp³-hybridized carbons (Fsp3) is 0.500. The largest absolute Gasteiger partial charge is 0.481 e. The van der Waals surface area contributed by atoms with Gasteiger partial charge in [0.2, 0.25) is 0 Å². The van der Waals surface area contributed by atoms with Gasteiger partial charge in [0.1, 0.15) is 5.82 Å². The summed E-state index contributed by atoms with van der Waals surface area (Å²) in [5, 5.41) is 9.42. The van der Waals surface area contributed by atoms with Gasteiger partial charge in [0.05, 0.1) is 6.42 Å². The van der Waals surface area contributed by atoms with Crippen molar-refractivity contribution in [1.29, 1.82) is 0 Å². The first kappa shape index (κ1) is 20.4. The predicted octanol–water partition coefficient (Wildman–Crippen LogP) is 4.66. The molecule has 1 atom stereocenters. The van der Waals surface area contributed by atoms with Crippen LogP contribution in [-0.4, -0.2) is 35.6 Å². The first-order chi connectivity index (χ1) is 12.1. The van der Waals surface area contributed by atoms with E-state index in [0.29, 0.717) is 13.2 Å². The van der Waals surface area contributed by atoms with Crippen LogP contribution in [0.1, 0.15) is 27.2 Å². The van der Waals surface area contributed by atoms with Gasteiger partial charge in [0.15, 0.2) is 8.32 Å². The lowest BCUT2D eigenvalue weighted by Crippen LogP contribution is -2.42. The molecule has 1 aromatic carbocycles. The quantitative estimate of drug-likeness (QED) is 0.682. The number of nitrogens with zero attached hydrogens (tertiary/aromatic N) is 2. The van der Waals surface area contributed by atoms with Gasteiger partial charge < -0.3 is 14.1 Å². The predicted molar refractivity (Wildman–Crippen MR) is 107 cm³/mol. The highest BCUT2D eigenvalue weighted by molar-refractivity contribution is 6.74. The van der Waals surface area contributed by atoms with Crippen LogP contribution in [0.4, 0.5) is 0 Å². The summed E-state index contributed by atoms with van der Waals surface area (Å²) in [6, 6.07) is 9.94. The highest BCUT2D eigenvalue weighted by atomic mass is 28.4. The fourth-order valence-electron chi connectivity index (χ4n) is 2.55. The third-order valence-corrected chi connectivity index (χ3v) is 9.65. The van der Waals surface area contributed by atoms with Crippen molar-refractivity contribution in [3.63, 3.8) is 0 Å². The second-order valence-electron chi connectivity index (χ2n) is 8.30. The van der Waals surface area contributed by atoms with Gasteiger partial charge in [-0.2, -0.15) is 0 Å². The molecule has 0 saturated carbocycles. The van der Waals surface area contributed by atoms with Gasteiger partial charge in [-0.1, -0.05) is 51.1 Å². The van der Waals surface area contributed by atoms with Crippen molar-refractivity contribution < 1.29 is 14.3 Å². The molecular weight excluding hydrogens is 344 g/mol. The third kappa shape index (κ3) is 5.29. The number of aliphatic carboxylic acids is 1. The first-order valence-electron chi connectivity index (χ1n) is 9.02. The minimum atomic E-state index is -1.92. The third-order valence-electron chi connectivity index (χ3n) is 5.15. The van der Waals surface area contributed by atoms with Crippen molar-refractivity contribution in [2.24, 2.45) is 5.92 Å².